The number of para-hydroxylation sites is 1. The Labute approximate surface area is 111 Å². The number of rotatable bonds is 6. The molecule has 0 aliphatic heterocycles. The molecule has 19 heavy (non-hydrogen) atoms. The van der Waals surface area contributed by atoms with E-state index >= 15 is 0 Å². The minimum atomic E-state index is -0.709. The summed E-state index contributed by atoms with van der Waals surface area (Å²) in [4.78, 5) is 11.8. The quantitative estimate of drug-likeness (QED) is 0.737. The van der Waals surface area contributed by atoms with Crippen LogP contribution in [0.15, 0.2) is 24.3 Å². The van der Waals surface area contributed by atoms with Gasteiger partial charge in [0, 0.05) is 13.7 Å². The van der Waals surface area contributed by atoms with E-state index < -0.39 is 17.4 Å². The largest absolute Gasteiger partial charge is 0.396 e. The zero-order chi connectivity index (χ0) is 14.3. The van der Waals surface area contributed by atoms with Gasteiger partial charge in [-0.15, -0.1) is 0 Å². The molecule has 0 aliphatic carbocycles. The number of benzene rings is 1. The molecular formula is C13H19FN2O3. The maximum atomic E-state index is 13.4. The molecule has 0 aromatic heterocycles. The van der Waals surface area contributed by atoms with E-state index in [0.717, 1.165) is 0 Å². The molecular weight excluding hydrogens is 251 g/mol. The second-order valence-corrected chi connectivity index (χ2v) is 4.53. The number of ether oxygens (including phenoxy) is 1. The Hall–Kier alpha value is -1.66. The van der Waals surface area contributed by atoms with Crippen LogP contribution in [0.1, 0.15) is 13.3 Å². The zero-order valence-corrected chi connectivity index (χ0v) is 11.1. The highest BCUT2D eigenvalue weighted by Crippen LogP contribution is 2.14. The predicted octanol–water partition coefficient (Wildman–Crippen LogP) is 1.73. The highest BCUT2D eigenvalue weighted by atomic mass is 19.1. The van der Waals surface area contributed by atoms with Crippen LogP contribution in [0.4, 0.5) is 14.9 Å². The first-order valence-electron chi connectivity index (χ1n) is 5.94. The van der Waals surface area contributed by atoms with Crippen LogP contribution in [0.2, 0.25) is 0 Å². The monoisotopic (exact) mass is 270 g/mol. The van der Waals surface area contributed by atoms with Crippen molar-refractivity contribution < 1.29 is 19.0 Å². The number of amides is 2. The van der Waals surface area contributed by atoms with Gasteiger partial charge in [0.05, 0.1) is 17.8 Å². The molecule has 0 saturated carbocycles. The Morgan fingerprint density at radius 3 is 2.74 bits per heavy atom. The molecule has 0 radical (unpaired) electrons. The van der Waals surface area contributed by atoms with Gasteiger partial charge in [0.25, 0.3) is 0 Å². The van der Waals surface area contributed by atoms with Crippen molar-refractivity contribution in [2.24, 2.45) is 0 Å². The lowest BCUT2D eigenvalue weighted by atomic mass is 10.00. The maximum Gasteiger partial charge on any atom is 0.319 e. The minimum absolute atomic E-state index is 0.0835. The number of aliphatic hydroxyl groups is 1. The van der Waals surface area contributed by atoms with Crippen LogP contribution in [0, 0.1) is 5.82 Å². The van der Waals surface area contributed by atoms with Gasteiger partial charge in [0.1, 0.15) is 5.82 Å². The first-order chi connectivity index (χ1) is 9.00. The van der Waals surface area contributed by atoms with Gasteiger partial charge in [-0.25, -0.2) is 9.18 Å². The van der Waals surface area contributed by atoms with E-state index in [9.17, 15) is 9.18 Å². The smallest absolute Gasteiger partial charge is 0.319 e. The first-order valence-corrected chi connectivity index (χ1v) is 5.94. The molecule has 106 valence electrons. The number of carbonyl (C=O) groups excluding carboxylic acids is 1. The maximum absolute atomic E-state index is 13.4. The summed E-state index contributed by atoms with van der Waals surface area (Å²) in [5.74, 6) is -0.506. The molecule has 0 bridgehead atoms. The van der Waals surface area contributed by atoms with Crippen LogP contribution in [-0.4, -0.2) is 37.0 Å². The summed E-state index contributed by atoms with van der Waals surface area (Å²) >= 11 is 0. The van der Waals surface area contributed by atoms with E-state index in [1.807, 2.05) is 0 Å². The number of nitrogens with one attached hydrogen (secondary N) is 2. The topological polar surface area (TPSA) is 70.6 Å². The van der Waals surface area contributed by atoms with Gasteiger partial charge in [-0.3, -0.25) is 0 Å². The van der Waals surface area contributed by atoms with Crippen molar-refractivity contribution in [3.63, 3.8) is 0 Å². The molecule has 0 fully saturated rings. The van der Waals surface area contributed by atoms with Gasteiger partial charge in [0.2, 0.25) is 0 Å². The van der Waals surface area contributed by atoms with Crippen LogP contribution in [0.5, 0.6) is 0 Å². The van der Waals surface area contributed by atoms with E-state index in [0.29, 0.717) is 6.42 Å². The van der Waals surface area contributed by atoms with Crippen molar-refractivity contribution in [3.05, 3.63) is 30.1 Å². The molecule has 1 unspecified atom stereocenters. The summed E-state index contributed by atoms with van der Waals surface area (Å²) in [6.45, 7) is 1.91. The third-order valence-corrected chi connectivity index (χ3v) is 2.66. The lowest BCUT2D eigenvalue weighted by Crippen LogP contribution is -2.51. The van der Waals surface area contributed by atoms with Gasteiger partial charge in [-0.2, -0.15) is 0 Å². The van der Waals surface area contributed by atoms with Gasteiger partial charge >= 0.3 is 6.03 Å². The average Bonchev–Trinajstić information content (AvgIpc) is 2.32. The van der Waals surface area contributed by atoms with Crippen molar-refractivity contribution in [2.45, 2.75) is 18.9 Å². The fourth-order valence-electron chi connectivity index (χ4n) is 1.73. The number of halogens is 1. The van der Waals surface area contributed by atoms with Gasteiger partial charge in [-0.05, 0) is 25.5 Å². The van der Waals surface area contributed by atoms with Crippen LogP contribution >= 0.6 is 0 Å². The Morgan fingerprint density at radius 1 is 1.47 bits per heavy atom. The summed E-state index contributed by atoms with van der Waals surface area (Å²) < 4.78 is 18.4. The number of aliphatic hydroxyl groups excluding tert-OH is 1. The van der Waals surface area contributed by atoms with Crippen LogP contribution in [0.25, 0.3) is 0 Å². The van der Waals surface area contributed by atoms with Crippen molar-refractivity contribution in [1.82, 2.24) is 5.32 Å². The number of anilines is 1. The lowest BCUT2D eigenvalue weighted by Gasteiger charge is -2.29. The summed E-state index contributed by atoms with van der Waals surface area (Å²) in [5, 5.41) is 14.1. The van der Waals surface area contributed by atoms with Gasteiger partial charge in [0.15, 0.2) is 0 Å². The van der Waals surface area contributed by atoms with E-state index in [1.165, 1.54) is 19.2 Å². The molecule has 6 heteroatoms. The predicted molar refractivity (Wildman–Crippen MR) is 70.5 cm³/mol. The number of carbonyl (C=O) groups is 1. The Bertz CT molecular complexity index is 420. The fraction of sp³-hybridized carbons (Fsp3) is 0.462. The molecule has 0 aliphatic rings. The standard InChI is InChI=1S/C13H19FN2O3/c1-13(7-8-17,9-19-2)16-12(18)15-11-6-4-3-5-10(11)14/h3-6,17H,7-9H2,1-2H3,(H2,15,16,18). The molecule has 3 N–H and O–H groups in total. The van der Waals surface area contributed by atoms with Crippen molar-refractivity contribution in [1.29, 1.82) is 0 Å². The molecule has 1 aromatic carbocycles. The highest BCUT2D eigenvalue weighted by molar-refractivity contribution is 5.89. The summed E-state index contributed by atoms with van der Waals surface area (Å²) in [7, 11) is 1.51. The molecule has 1 atom stereocenters. The van der Waals surface area contributed by atoms with E-state index in [2.05, 4.69) is 10.6 Å². The van der Waals surface area contributed by atoms with Gasteiger partial charge in [-0.1, -0.05) is 12.1 Å². The number of hydrogen-bond acceptors (Lipinski definition) is 3. The minimum Gasteiger partial charge on any atom is -0.396 e. The number of methoxy groups -OCH3 is 1. The third-order valence-electron chi connectivity index (χ3n) is 2.66. The normalized spacial score (nSPS) is 13.7. The molecule has 0 saturated heterocycles. The first kappa shape index (κ1) is 15.4. The molecule has 0 spiro atoms. The molecule has 2 amide bonds. The van der Waals surface area contributed by atoms with Crippen LogP contribution < -0.4 is 10.6 Å². The number of hydrogen-bond donors (Lipinski definition) is 3. The Morgan fingerprint density at radius 2 is 2.16 bits per heavy atom. The summed E-state index contributed by atoms with van der Waals surface area (Å²) in [5.41, 5.74) is -0.609. The van der Waals surface area contributed by atoms with Crippen molar-refractivity contribution in [2.75, 3.05) is 25.6 Å². The van der Waals surface area contributed by atoms with E-state index in [-0.39, 0.29) is 18.9 Å². The zero-order valence-electron chi connectivity index (χ0n) is 11.1. The van der Waals surface area contributed by atoms with Crippen molar-refractivity contribution in [3.8, 4) is 0 Å². The molecule has 5 nitrogen and oxygen atoms in total. The second-order valence-electron chi connectivity index (χ2n) is 4.53. The molecule has 1 rings (SSSR count). The lowest BCUT2D eigenvalue weighted by molar-refractivity contribution is 0.104. The Kier molecular flexibility index (Phi) is 5.72. The average molecular weight is 270 g/mol. The van der Waals surface area contributed by atoms with Crippen LogP contribution in [-0.2, 0) is 4.74 Å². The molecule has 0 heterocycles. The second kappa shape index (κ2) is 7.06. The SMILES string of the molecule is COCC(C)(CCO)NC(=O)Nc1ccccc1F. The van der Waals surface area contributed by atoms with E-state index in [1.54, 1.807) is 19.1 Å². The van der Waals surface area contributed by atoms with Crippen LogP contribution in [0.3, 0.4) is 0 Å². The summed E-state index contributed by atoms with van der Waals surface area (Å²) in [6.07, 6.45) is 0.339. The third kappa shape index (κ3) is 4.84. The fourth-order valence-corrected chi connectivity index (χ4v) is 1.73. The Balaban J connectivity index is 2.65. The highest BCUT2D eigenvalue weighted by Gasteiger charge is 2.26. The van der Waals surface area contributed by atoms with Crippen molar-refractivity contribution >= 4 is 11.7 Å². The summed E-state index contributed by atoms with van der Waals surface area (Å²) in [6, 6.07) is 5.35. The molecule has 1 aromatic rings. The number of urea groups is 1. The van der Waals surface area contributed by atoms with E-state index in [4.69, 9.17) is 9.84 Å². The van der Waals surface area contributed by atoms with Gasteiger partial charge < -0.3 is 20.5 Å².